The smallest absolute Gasteiger partial charge is 0.165 e. The molecule has 0 amide bonds. The van der Waals surface area contributed by atoms with E-state index in [0.29, 0.717) is 0 Å². The van der Waals surface area contributed by atoms with Gasteiger partial charge in [0.05, 0.1) is 12.2 Å². The Labute approximate surface area is 248 Å². The molecule has 0 aliphatic heterocycles. The zero-order valence-electron chi connectivity index (χ0n) is 24.6. The SMILES string of the molecule is CCC(C)(OC)OC(CP(c1ccccc1)c1ccccc1)C(CP(c1ccccc1)c1ccccc1)OCOC. The second-order valence-electron chi connectivity index (χ2n) is 10.0. The fourth-order valence-corrected chi connectivity index (χ4v) is 9.71. The summed E-state index contributed by atoms with van der Waals surface area (Å²) in [7, 11) is 1.96. The molecule has 41 heavy (non-hydrogen) atoms. The zero-order valence-corrected chi connectivity index (χ0v) is 26.3. The number of benzene rings is 4. The molecule has 0 radical (unpaired) electrons. The maximum absolute atomic E-state index is 6.97. The van der Waals surface area contributed by atoms with Crippen molar-refractivity contribution in [3.8, 4) is 0 Å². The van der Waals surface area contributed by atoms with Gasteiger partial charge in [0.25, 0.3) is 0 Å². The van der Waals surface area contributed by atoms with Crippen molar-refractivity contribution >= 4 is 37.1 Å². The lowest BCUT2D eigenvalue weighted by Gasteiger charge is -2.38. The Bertz CT molecular complexity index is 1180. The molecule has 4 aromatic carbocycles. The van der Waals surface area contributed by atoms with Gasteiger partial charge in [0, 0.05) is 26.5 Å². The molecule has 0 fully saturated rings. The van der Waals surface area contributed by atoms with Gasteiger partial charge in [-0.2, -0.15) is 0 Å². The first-order chi connectivity index (χ1) is 20.1. The summed E-state index contributed by atoms with van der Waals surface area (Å²) in [5.41, 5.74) is 0. The van der Waals surface area contributed by atoms with Crippen molar-refractivity contribution in [1.29, 1.82) is 0 Å². The summed E-state index contributed by atoms with van der Waals surface area (Å²) in [6, 6.07) is 43.1. The molecule has 3 atom stereocenters. The van der Waals surface area contributed by atoms with E-state index in [1.807, 2.05) is 6.92 Å². The van der Waals surface area contributed by atoms with Gasteiger partial charge in [0.2, 0.25) is 0 Å². The number of hydrogen-bond donors (Lipinski definition) is 0. The van der Waals surface area contributed by atoms with Gasteiger partial charge >= 0.3 is 0 Å². The number of ether oxygens (including phenoxy) is 4. The highest BCUT2D eigenvalue weighted by molar-refractivity contribution is 7.73. The minimum absolute atomic E-state index is 0.196. The summed E-state index contributed by atoms with van der Waals surface area (Å²) in [6.07, 6.45) is 1.85. The maximum Gasteiger partial charge on any atom is 0.165 e. The van der Waals surface area contributed by atoms with Crippen LogP contribution in [-0.4, -0.2) is 51.3 Å². The lowest BCUT2D eigenvalue weighted by molar-refractivity contribution is -0.253. The second kappa shape index (κ2) is 16.3. The van der Waals surface area contributed by atoms with Gasteiger partial charge in [-0.05, 0) is 50.4 Å². The lowest BCUT2D eigenvalue weighted by Crippen LogP contribution is -2.46. The van der Waals surface area contributed by atoms with E-state index in [1.165, 1.54) is 21.2 Å². The van der Waals surface area contributed by atoms with Crippen LogP contribution in [0.15, 0.2) is 121 Å². The predicted octanol–water partition coefficient (Wildman–Crippen LogP) is 6.40. The Morgan fingerprint density at radius 2 is 0.951 bits per heavy atom. The highest BCUT2D eigenvalue weighted by Gasteiger charge is 2.36. The molecule has 0 aliphatic carbocycles. The van der Waals surface area contributed by atoms with E-state index < -0.39 is 21.6 Å². The van der Waals surface area contributed by atoms with E-state index in [1.54, 1.807) is 14.2 Å². The van der Waals surface area contributed by atoms with Crippen LogP contribution < -0.4 is 21.2 Å². The molecule has 4 aromatic rings. The molecule has 4 nitrogen and oxygen atoms in total. The van der Waals surface area contributed by atoms with Crippen LogP contribution in [-0.2, 0) is 18.9 Å². The van der Waals surface area contributed by atoms with Crippen molar-refractivity contribution in [1.82, 2.24) is 0 Å². The maximum atomic E-state index is 6.97. The van der Waals surface area contributed by atoms with Crippen molar-refractivity contribution in [3.05, 3.63) is 121 Å². The Morgan fingerprint density at radius 3 is 1.27 bits per heavy atom. The molecule has 0 saturated heterocycles. The quantitative estimate of drug-likeness (QED) is 0.112. The average molecular weight is 589 g/mol. The molecule has 0 saturated carbocycles. The van der Waals surface area contributed by atoms with Crippen LogP contribution >= 0.6 is 15.8 Å². The van der Waals surface area contributed by atoms with Crippen molar-refractivity contribution in [2.75, 3.05) is 33.3 Å². The minimum atomic E-state index is -0.740. The number of hydrogen-bond acceptors (Lipinski definition) is 4. The Balaban J connectivity index is 1.77. The van der Waals surface area contributed by atoms with Crippen LogP contribution in [0.5, 0.6) is 0 Å². The highest BCUT2D eigenvalue weighted by Crippen LogP contribution is 2.41. The topological polar surface area (TPSA) is 36.9 Å². The molecular formula is C35H42O4P2. The first kappa shape index (κ1) is 31.5. The lowest BCUT2D eigenvalue weighted by atomic mass is 10.2. The van der Waals surface area contributed by atoms with Gasteiger partial charge in [0.15, 0.2) is 5.79 Å². The average Bonchev–Trinajstić information content (AvgIpc) is 3.05. The molecule has 4 rings (SSSR count). The van der Waals surface area contributed by atoms with Crippen molar-refractivity contribution in [3.63, 3.8) is 0 Å². The van der Waals surface area contributed by atoms with Crippen molar-refractivity contribution in [2.24, 2.45) is 0 Å². The van der Waals surface area contributed by atoms with Crippen LogP contribution in [0.2, 0.25) is 0 Å². The standard InChI is InChI=1S/C35H42O4P2/c1-5-35(2,37-4)39-34(27-41(31-22-14-8-15-23-31)32-24-16-9-17-25-32)33(38-28-36-3)26-40(29-18-10-6-11-19-29)30-20-12-7-13-21-30/h6-25,33-34H,5,26-28H2,1-4H3. The molecule has 0 heterocycles. The summed E-state index contributed by atoms with van der Waals surface area (Å²) in [5.74, 6) is -0.740. The number of rotatable bonds is 16. The summed E-state index contributed by atoms with van der Waals surface area (Å²) < 4.78 is 24.9. The van der Waals surface area contributed by atoms with E-state index in [0.717, 1.165) is 18.7 Å². The van der Waals surface area contributed by atoms with Crippen LogP contribution in [0.3, 0.4) is 0 Å². The Kier molecular flexibility index (Phi) is 12.5. The molecular weight excluding hydrogens is 546 g/mol. The first-order valence-corrected chi connectivity index (χ1v) is 17.2. The van der Waals surface area contributed by atoms with Crippen molar-refractivity contribution in [2.45, 2.75) is 38.3 Å². The summed E-state index contributed by atoms with van der Waals surface area (Å²) >= 11 is 0. The van der Waals surface area contributed by atoms with Gasteiger partial charge in [-0.3, -0.25) is 0 Å². The van der Waals surface area contributed by atoms with E-state index in [2.05, 4.69) is 128 Å². The predicted molar refractivity (Wildman–Crippen MR) is 175 cm³/mol. The largest absolute Gasteiger partial charge is 0.359 e. The van der Waals surface area contributed by atoms with E-state index >= 15 is 0 Å². The fraction of sp³-hybridized carbons (Fsp3) is 0.314. The third-order valence-electron chi connectivity index (χ3n) is 7.29. The van der Waals surface area contributed by atoms with Crippen LogP contribution in [0, 0.1) is 0 Å². The van der Waals surface area contributed by atoms with E-state index in [9.17, 15) is 0 Å². The monoisotopic (exact) mass is 588 g/mol. The van der Waals surface area contributed by atoms with Gasteiger partial charge < -0.3 is 18.9 Å². The second-order valence-corrected chi connectivity index (χ2v) is 14.5. The number of methoxy groups -OCH3 is 2. The molecule has 6 heteroatoms. The van der Waals surface area contributed by atoms with Gasteiger partial charge in [-0.1, -0.05) is 128 Å². The summed E-state index contributed by atoms with van der Waals surface area (Å²) in [4.78, 5) is 0. The molecule has 0 aromatic heterocycles. The Hall–Kier alpha value is -2.42. The van der Waals surface area contributed by atoms with Gasteiger partial charge in [0.1, 0.15) is 6.79 Å². The van der Waals surface area contributed by atoms with Crippen molar-refractivity contribution < 1.29 is 18.9 Å². The minimum Gasteiger partial charge on any atom is -0.359 e. The van der Waals surface area contributed by atoms with Crippen LogP contribution in [0.4, 0.5) is 0 Å². The molecule has 216 valence electrons. The summed E-state index contributed by atoms with van der Waals surface area (Å²) in [5, 5.41) is 5.27. The van der Waals surface area contributed by atoms with Crippen LogP contribution in [0.1, 0.15) is 20.3 Å². The van der Waals surface area contributed by atoms with Crippen LogP contribution in [0.25, 0.3) is 0 Å². The molecule has 0 spiro atoms. The molecule has 0 aliphatic rings. The van der Waals surface area contributed by atoms with E-state index in [4.69, 9.17) is 18.9 Å². The molecule has 0 bridgehead atoms. The van der Waals surface area contributed by atoms with Gasteiger partial charge in [-0.15, -0.1) is 0 Å². The summed E-state index contributed by atoms with van der Waals surface area (Å²) in [6.45, 7) is 4.32. The van der Waals surface area contributed by atoms with E-state index in [-0.39, 0.29) is 19.0 Å². The third-order valence-corrected chi connectivity index (χ3v) is 12.4. The fourth-order valence-electron chi connectivity index (χ4n) is 4.77. The zero-order chi connectivity index (χ0) is 28.9. The normalized spacial score (nSPS) is 14.6. The Morgan fingerprint density at radius 1 is 0.585 bits per heavy atom. The third kappa shape index (κ3) is 9.03. The van der Waals surface area contributed by atoms with Gasteiger partial charge in [-0.25, -0.2) is 0 Å². The highest BCUT2D eigenvalue weighted by atomic mass is 31.1. The molecule has 3 unspecified atom stereocenters. The first-order valence-electron chi connectivity index (χ1n) is 14.2. The molecule has 0 N–H and O–H groups in total.